The molecule has 1 aromatic carbocycles. The minimum atomic E-state index is -1.000. The van der Waals surface area contributed by atoms with E-state index in [0.29, 0.717) is 13.2 Å². The predicted octanol–water partition coefficient (Wildman–Crippen LogP) is 1.31. The standard InChI is InChI=1S/C40H61N5O11/c1-7-34(48)32(14-16-36(50)42-24-38(52)43-27(5)28(6)46)44-37(51)17-15-35(49)33(20-26(3)4)45-40(54)30(21-29-12-10-9-11-13-29)22-31(47)23-41-39(53)25-56-19-18-55-8-2/h9-13,26-27,30,32-33H,7-8,14-25H2,1-6H3,(H,41,53)(H,42,50)(H,43,52)(H,44,51)(H,45,54). The molecule has 1 aromatic rings. The molecule has 0 saturated carbocycles. The number of Topliss-reactive ketones (excluding diaryl/α,β-unsaturated/α-hetero) is 4. The topological polar surface area (TPSA) is 232 Å². The number of amides is 5. The number of ether oxygens (including phenoxy) is 2. The lowest BCUT2D eigenvalue weighted by atomic mass is 9.91. The first-order valence-corrected chi connectivity index (χ1v) is 19.2. The quantitative estimate of drug-likeness (QED) is 0.0698. The largest absolute Gasteiger partial charge is 0.379 e. The molecule has 5 amide bonds. The highest BCUT2D eigenvalue weighted by Gasteiger charge is 2.29. The third kappa shape index (κ3) is 21.9. The summed E-state index contributed by atoms with van der Waals surface area (Å²) in [6.07, 6.45) is -0.371. The fourth-order valence-electron chi connectivity index (χ4n) is 5.38. The summed E-state index contributed by atoms with van der Waals surface area (Å²) in [4.78, 5) is 113. The van der Waals surface area contributed by atoms with Crippen molar-refractivity contribution < 1.29 is 52.6 Å². The molecular weight excluding hydrogens is 726 g/mol. The minimum Gasteiger partial charge on any atom is -0.379 e. The van der Waals surface area contributed by atoms with Crippen LogP contribution in [0.5, 0.6) is 0 Å². The van der Waals surface area contributed by atoms with Gasteiger partial charge in [-0.2, -0.15) is 0 Å². The van der Waals surface area contributed by atoms with Crippen molar-refractivity contribution in [2.75, 3.05) is 39.5 Å². The van der Waals surface area contributed by atoms with Crippen LogP contribution in [-0.2, 0) is 59.0 Å². The Balaban J connectivity index is 2.85. The first-order valence-electron chi connectivity index (χ1n) is 19.2. The second-order valence-electron chi connectivity index (χ2n) is 14.0. The maximum Gasteiger partial charge on any atom is 0.246 e. The molecule has 0 bridgehead atoms. The lowest BCUT2D eigenvalue weighted by Gasteiger charge is -2.23. The summed E-state index contributed by atoms with van der Waals surface area (Å²) in [6.45, 7) is 10.2. The van der Waals surface area contributed by atoms with E-state index in [4.69, 9.17) is 9.47 Å². The molecule has 4 unspecified atom stereocenters. The molecule has 0 fully saturated rings. The van der Waals surface area contributed by atoms with Crippen molar-refractivity contribution in [3.8, 4) is 0 Å². The van der Waals surface area contributed by atoms with Crippen LogP contribution in [0.25, 0.3) is 0 Å². The van der Waals surface area contributed by atoms with E-state index in [0.717, 1.165) is 5.56 Å². The van der Waals surface area contributed by atoms with Gasteiger partial charge in [-0.1, -0.05) is 51.1 Å². The summed E-state index contributed by atoms with van der Waals surface area (Å²) in [5, 5.41) is 12.8. The third-order valence-corrected chi connectivity index (χ3v) is 8.64. The number of hydrogen-bond donors (Lipinski definition) is 5. The van der Waals surface area contributed by atoms with Gasteiger partial charge < -0.3 is 36.1 Å². The van der Waals surface area contributed by atoms with E-state index in [1.54, 1.807) is 6.92 Å². The Kier molecular flexibility index (Phi) is 24.3. The molecule has 16 nitrogen and oxygen atoms in total. The number of hydrogen-bond acceptors (Lipinski definition) is 11. The van der Waals surface area contributed by atoms with Crippen LogP contribution in [-0.4, -0.2) is 110 Å². The SMILES string of the molecule is CCOCCOCC(=O)NCC(=O)CC(Cc1ccccc1)C(=O)NC(CC(C)C)C(=O)CCC(=O)NC(CCC(=O)NCC(=O)NC(C)C(C)=O)C(=O)CC. The highest BCUT2D eigenvalue weighted by atomic mass is 16.5. The van der Waals surface area contributed by atoms with Gasteiger partial charge >= 0.3 is 0 Å². The van der Waals surface area contributed by atoms with Crippen LogP contribution in [0.3, 0.4) is 0 Å². The summed E-state index contributed by atoms with van der Waals surface area (Å²) < 4.78 is 10.4. The molecule has 0 saturated heterocycles. The van der Waals surface area contributed by atoms with Crippen molar-refractivity contribution in [3.05, 3.63) is 35.9 Å². The Bertz CT molecular complexity index is 1470. The van der Waals surface area contributed by atoms with Crippen molar-refractivity contribution >= 4 is 52.7 Å². The Morgan fingerprint density at radius 3 is 1.96 bits per heavy atom. The smallest absolute Gasteiger partial charge is 0.246 e. The van der Waals surface area contributed by atoms with E-state index in [1.807, 2.05) is 51.1 Å². The van der Waals surface area contributed by atoms with Crippen LogP contribution in [0.2, 0.25) is 0 Å². The molecular formula is C40H61N5O11. The van der Waals surface area contributed by atoms with Crippen LogP contribution in [0.15, 0.2) is 30.3 Å². The van der Waals surface area contributed by atoms with Gasteiger partial charge in [0, 0.05) is 44.6 Å². The van der Waals surface area contributed by atoms with Crippen molar-refractivity contribution in [2.45, 2.75) is 111 Å². The Labute approximate surface area is 329 Å². The first kappa shape index (κ1) is 49.2. The van der Waals surface area contributed by atoms with Crippen molar-refractivity contribution in [2.24, 2.45) is 11.8 Å². The Morgan fingerprint density at radius 1 is 0.679 bits per heavy atom. The Morgan fingerprint density at radius 2 is 1.34 bits per heavy atom. The zero-order valence-corrected chi connectivity index (χ0v) is 33.7. The second kappa shape index (κ2) is 27.7. The van der Waals surface area contributed by atoms with Gasteiger partial charge in [0.25, 0.3) is 0 Å². The van der Waals surface area contributed by atoms with Gasteiger partial charge in [0.05, 0.1) is 44.4 Å². The molecule has 4 atom stereocenters. The number of carbonyl (C=O) groups is 9. The van der Waals surface area contributed by atoms with Crippen molar-refractivity contribution in [1.82, 2.24) is 26.6 Å². The van der Waals surface area contributed by atoms with Gasteiger partial charge in [-0.15, -0.1) is 0 Å². The van der Waals surface area contributed by atoms with Gasteiger partial charge in [0.1, 0.15) is 6.61 Å². The average molecular weight is 788 g/mol. The lowest BCUT2D eigenvalue weighted by Crippen LogP contribution is -2.46. The van der Waals surface area contributed by atoms with Crippen LogP contribution >= 0.6 is 0 Å². The molecule has 0 spiro atoms. The van der Waals surface area contributed by atoms with E-state index in [1.165, 1.54) is 13.8 Å². The fourth-order valence-corrected chi connectivity index (χ4v) is 5.38. The van der Waals surface area contributed by atoms with Crippen LogP contribution in [0.4, 0.5) is 0 Å². The van der Waals surface area contributed by atoms with Gasteiger partial charge in [0.15, 0.2) is 23.1 Å². The molecule has 0 aliphatic carbocycles. The fraction of sp³-hybridized carbons (Fsp3) is 0.625. The van der Waals surface area contributed by atoms with Crippen molar-refractivity contribution in [1.29, 1.82) is 0 Å². The van der Waals surface area contributed by atoms with E-state index >= 15 is 0 Å². The number of benzene rings is 1. The maximum absolute atomic E-state index is 13.7. The van der Waals surface area contributed by atoms with E-state index in [9.17, 15) is 43.2 Å². The highest BCUT2D eigenvalue weighted by molar-refractivity contribution is 5.95. The summed E-state index contributed by atoms with van der Waals surface area (Å²) in [5.74, 6) is -4.89. The number of carbonyl (C=O) groups excluding carboxylic acids is 9. The molecule has 1 rings (SSSR count). The second-order valence-corrected chi connectivity index (χ2v) is 14.0. The summed E-state index contributed by atoms with van der Waals surface area (Å²) >= 11 is 0. The molecule has 0 aliphatic heterocycles. The molecule has 16 heteroatoms. The van der Waals surface area contributed by atoms with E-state index in [-0.39, 0.29) is 101 Å². The summed E-state index contributed by atoms with van der Waals surface area (Å²) in [6, 6.07) is 6.43. The molecule has 0 aliphatic rings. The maximum atomic E-state index is 13.7. The van der Waals surface area contributed by atoms with E-state index in [2.05, 4.69) is 26.6 Å². The monoisotopic (exact) mass is 787 g/mol. The number of ketones is 4. The molecule has 56 heavy (non-hydrogen) atoms. The van der Waals surface area contributed by atoms with Gasteiger partial charge in [-0.25, -0.2) is 0 Å². The third-order valence-electron chi connectivity index (χ3n) is 8.64. The predicted molar refractivity (Wildman–Crippen MR) is 207 cm³/mol. The summed E-state index contributed by atoms with van der Waals surface area (Å²) in [5.41, 5.74) is 0.800. The molecule has 0 aromatic heterocycles. The Hall–Kier alpha value is -4.83. The molecule has 312 valence electrons. The lowest BCUT2D eigenvalue weighted by molar-refractivity contribution is -0.133. The first-order chi connectivity index (χ1) is 26.6. The van der Waals surface area contributed by atoms with E-state index < -0.39 is 59.4 Å². The van der Waals surface area contributed by atoms with Gasteiger partial charge in [-0.05, 0) is 51.5 Å². The minimum absolute atomic E-state index is 0.0143. The molecule has 5 N–H and O–H groups in total. The normalized spacial score (nSPS) is 13.1. The highest BCUT2D eigenvalue weighted by Crippen LogP contribution is 2.16. The average Bonchev–Trinajstić information content (AvgIpc) is 3.16. The zero-order valence-electron chi connectivity index (χ0n) is 33.7. The number of rotatable bonds is 30. The zero-order chi connectivity index (χ0) is 42.0. The summed E-state index contributed by atoms with van der Waals surface area (Å²) in [7, 11) is 0. The van der Waals surface area contributed by atoms with Crippen LogP contribution in [0, 0.1) is 11.8 Å². The van der Waals surface area contributed by atoms with Gasteiger partial charge in [-0.3, -0.25) is 43.2 Å². The van der Waals surface area contributed by atoms with Crippen LogP contribution in [0.1, 0.15) is 92.1 Å². The van der Waals surface area contributed by atoms with Gasteiger partial charge in [0.2, 0.25) is 29.5 Å². The molecule has 0 radical (unpaired) electrons. The van der Waals surface area contributed by atoms with Crippen molar-refractivity contribution in [3.63, 3.8) is 0 Å². The number of nitrogens with one attached hydrogen (secondary N) is 5. The van der Waals surface area contributed by atoms with Crippen LogP contribution < -0.4 is 26.6 Å². The molecule has 0 heterocycles.